The highest BCUT2D eigenvalue weighted by Crippen LogP contribution is 2.09. The first-order valence-electron chi connectivity index (χ1n) is 4.74. The molecule has 0 radical (unpaired) electrons. The summed E-state index contributed by atoms with van der Waals surface area (Å²) in [5.41, 5.74) is 0. The van der Waals surface area contributed by atoms with Crippen LogP contribution in [0, 0.1) is 0 Å². The van der Waals surface area contributed by atoms with Gasteiger partial charge in [0.1, 0.15) is 0 Å². The lowest BCUT2D eigenvalue weighted by Gasteiger charge is -2.35. The van der Waals surface area contributed by atoms with Crippen LogP contribution in [0.3, 0.4) is 0 Å². The molecule has 1 saturated heterocycles. The summed E-state index contributed by atoms with van der Waals surface area (Å²) in [4.78, 5) is 2.45. The first-order chi connectivity index (χ1) is 5.72. The van der Waals surface area contributed by atoms with Crippen LogP contribution in [0.1, 0.15) is 13.8 Å². The Kier molecular flexibility index (Phi) is 3.98. The number of hydrogen-bond acceptors (Lipinski definition) is 3. The molecule has 3 nitrogen and oxygen atoms in total. The molecule has 12 heavy (non-hydrogen) atoms. The van der Waals surface area contributed by atoms with Gasteiger partial charge in [-0.2, -0.15) is 0 Å². The molecule has 2 atom stereocenters. The van der Waals surface area contributed by atoms with E-state index in [-0.39, 0.29) is 0 Å². The second-order valence-corrected chi connectivity index (χ2v) is 3.62. The number of ether oxygens (including phenoxy) is 1. The number of likely N-dealkylation sites (N-methyl/N-ethyl adjacent to an activating group) is 1. The molecule has 72 valence electrons. The van der Waals surface area contributed by atoms with E-state index < -0.39 is 0 Å². The van der Waals surface area contributed by atoms with Crippen molar-refractivity contribution in [2.75, 3.05) is 33.2 Å². The van der Waals surface area contributed by atoms with Crippen molar-refractivity contribution in [2.24, 2.45) is 0 Å². The summed E-state index contributed by atoms with van der Waals surface area (Å²) in [7, 11) is 1.99. The smallest absolute Gasteiger partial charge is 0.0678 e. The van der Waals surface area contributed by atoms with Gasteiger partial charge in [0.25, 0.3) is 0 Å². The van der Waals surface area contributed by atoms with E-state index in [1.807, 2.05) is 7.05 Å². The molecule has 1 aliphatic rings. The fourth-order valence-corrected chi connectivity index (χ4v) is 1.74. The minimum Gasteiger partial charge on any atom is -0.373 e. The summed E-state index contributed by atoms with van der Waals surface area (Å²) in [6.45, 7) is 8.64. The zero-order chi connectivity index (χ0) is 8.97. The maximum Gasteiger partial charge on any atom is 0.0678 e. The van der Waals surface area contributed by atoms with Crippen LogP contribution in [0.25, 0.3) is 0 Å². The van der Waals surface area contributed by atoms with Crippen molar-refractivity contribution in [1.29, 1.82) is 0 Å². The summed E-state index contributed by atoms with van der Waals surface area (Å²) >= 11 is 0. The van der Waals surface area contributed by atoms with Gasteiger partial charge in [-0.25, -0.2) is 0 Å². The van der Waals surface area contributed by atoms with Crippen LogP contribution < -0.4 is 5.32 Å². The molecule has 0 amide bonds. The van der Waals surface area contributed by atoms with Crippen molar-refractivity contribution >= 4 is 0 Å². The highest BCUT2D eigenvalue weighted by Gasteiger charge is 2.20. The van der Waals surface area contributed by atoms with Crippen LogP contribution in [0.4, 0.5) is 0 Å². The van der Waals surface area contributed by atoms with Crippen molar-refractivity contribution in [3.63, 3.8) is 0 Å². The first kappa shape index (κ1) is 9.96. The van der Waals surface area contributed by atoms with Crippen LogP contribution >= 0.6 is 0 Å². The third-order valence-corrected chi connectivity index (χ3v) is 2.17. The maximum atomic E-state index is 5.63. The predicted octanol–water partition coefficient (Wildman–Crippen LogP) is 0.315. The molecule has 0 aromatic heterocycles. The van der Waals surface area contributed by atoms with E-state index in [2.05, 4.69) is 24.1 Å². The first-order valence-corrected chi connectivity index (χ1v) is 4.74. The largest absolute Gasteiger partial charge is 0.373 e. The van der Waals surface area contributed by atoms with Gasteiger partial charge in [-0.05, 0) is 20.9 Å². The Bertz CT molecular complexity index is 120. The molecule has 1 heterocycles. The molecule has 1 aliphatic heterocycles. The van der Waals surface area contributed by atoms with Crippen molar-refractivity contribution in [3.8, 4) is 0 Å². The lowest BCUT2D eigenvalue weighted by Crippen LogP contribution is -2.47. The third kappa shape index (κ3) is 3.09. The fourth-order valence-electron chi connectivity index (χ4n) is 1.74. The monoisotopic (exact) mass is 172 g/mol. The normalized spacial score (nSPS) is 32.2. The van der Waals surface area contributed by atoms with E-state index in [0.29, 0.717) is 12.2 Å². The molecule has 0 unspecified atom stereocenters. The molecule has 0 bridgehead atoms. The zero-order valence-electron chi connectivity index (χ0n) is 8.34. The van der Waals surface area contributed by atoms with E-state index >= 15 is 0 Å². The second-order valence-electron chi connectivity index (χ2n) is 3.62. The zero-order valence-corrected chi connectivity index (χ0v) is 8.34. The van der Waals surface area contributed by atoms with E-state index in [4.69, 9.17) is 4.74 Å². The molecular weight excluding hydrogens is 152 g/mol. The number of nitrogens with one attached hydrogen (secondary N) is 1. The maximum absolute atomic E-state index is 5.63. The fraction of sp³-hybridized carbons (Fsp3) is 1.00. The number of morpholine rings is 1. The molecule has 0 spiro atoms. The van der Waals surface area contributed by atoms with Crippen molar-refractivity contribution in [3.05, 3.63) is 0 Å². The molecule has 1 N–H and O–H groups in total. The Morgan fingerprint density at radius 3 is 2.42 bits per heavy atom. The standard InChI is InChI=1S/C9H20N2O/c1-8-6-11(5-4-10-3)7-9(2)12-8/h8-10H,4-7H2,1-3H3/t8-,9-/m0/s1. The van der Waals surface area contributed by atoms with E-state index in [0.717, 1.165) is 26.2 Å². The molecule has 1 rings (SSSR count). The Hall–Kier alpha value is -0.120. The highest BCUT2D eigenvalue weighted by atomic mass is 16.5. The van der Waals surface area contributed by atoms with Crippen molar-refractivity contribution < 1.29 is 4.74 Å². The Balaban J connectivity index is 2.24. The van der Waals surface area contributed by atoms with Gasteiger partial charge in [0.2, 0.25) is 0 Å². The molecule has 0 aliphatic carbocycles. The highest BCUT2D eigenvalue weighted by molar-refractivity contribution is 4.73. The van der Waals surface area contributed by atoms with Gasteiger partial charge in [0.15, 0.2) is 0 Å². The minimum atomic E-state index is 0.394. The molecule has 0 saturated carbocycles. The van der Waals surface area contributed by atoms with Crippen LogP contribution in [0.5, 0.6) is 0 Å². The summed E-state index contributed by atoms with van der Waals surface area (Å²) in [6.07, 6.45) is 0.788. The summed E-state index contributed by atoms with van der Waals surface area (Å²) < 4.78 is 5.63. The van der Waals surface area contributed by atoms with E-state index in [9.17, 15) is 0 Å². The number of nitrogens with zero attached hydrogens (tertiary/aromatic N) is 1. The molecular formula is C9H20N2O. The van der Waals surface area contributed by atoms with Crippen molar-refractivity contribution in [1.82, 2.24) is 10.2 Å². The molecule has 1 fully saturated rings. The SMILES string of the molecule is CNCCN1C[C@H](C)O[C@@H](C)C1. The lowest BCUT2D eigenvalue weighted by molar-refractivity contribution is -0.0673. The van der Waals surface area contributed by atoms with E-state index in [1.54, 1.807) is 0 Å². The van der Waals surface area contributed by atoms with Gasteiger partial charge in [-0.3, -0.25) is 4.90 Å². The Morgan fingerprint density at radius 1 is 1.33 bits per heavy atom. The van der Waals surface area contributed by atoms with E-state index in [1.165, 1.54) is 0 Å². The van der Waals surface area contributed by atoms with Gasteiger partial charge in [-0.1, -0.05) is 0 Å². The van der Waals surface area contributed by atoms with Crippen LogP contribution in [0.2, 0.25) is 0 Å². The average molecular weight is 172 g/mol. The predicted molar refractivity (Wildman–Crippen MR) is 50.4 cm³/mol. The van der Waals surface area contributed by atoms with Gasteiger partial charge in [0, 0.05) is 26.2 Å². The molecule has 0 aromatic rings. The number of rotatable bonds is 3. The summed E-state index contributed by atoms with van der Waals surface area (Å²) in [5, 5.41) is 3.16. The van der Waals surface area contributed by atoms with Gasteiger partial charge >= 0.3 is 0 Å². The van der Waals surface area contributed by atoms with Crippen molar-refractivity contribution in [2.45, 2.75) is 26.1 Å². The van der Waals surface area contributed by atoms with Gasteiger partial charge < -0.3 is 10.1 Å². The topological polar surface area (TPSA) is 24.5 Å². The van der Waals surface area contributed by atoms with Gasteiger partial charge in [0.05, 0.1) is 12.2 Å². The van der Waals surface area contributed by atoms with Crippen LogP contribution in [-0.2, 0) is 4.74 Å². The van der Waals surface area contributed by atoms with Crippen LogP contribution in [0.15, 0.2) is 0 Å². The number of hydrogen-bond donors (Lipinski definition) is 1. The molecule has 0 aromatic carbocycles. The van der Waals surface area contributed by atoms with Gasteiger partial charge in [-0.15, -0.1) is 0 Å². The average Bonchev–Trinajstić information content (AvgIpc) is 1.99. The summed E-state index contributed by atoms with van der Waals surface area (Å²) in [5.74, 6) is 0. The Labute approximate surface area is 75.1 Å². The third-order valence-electron chi connectivity index (χ3n) is 2.17. The Morgan fingerprint density at radius 2 is 1.92 bits per heavy atom. The lowest BCUT2D eigenvalue weighted by atomic mass is 10.2. The summed E-state index contributed by atoms with van der Waals surface area (Å²) in [6, 6.07) is 0. The minimum absolute atomic E-state index is 0.394. The van der Waals surface area contributed by atoms with Crippen LogP contribution in [-0.4, -0.2) is 50.3 Å². The second kappa shape index (κ2) is 4.80. The quantitative estimate of drug-likeness (QED) is 0.663. The molecule has 3 heteroatoms.